The number of nitrogens with zero attached hydrogens (tertiary/aromatic N) is 1. The summed E-state index contributed by atoms with van der Waals surface area (Å²) in [6, 6.07) is 0. The summed E-state index contributed by atoms with van der Waals surface area (Å²) in [6.07, 6.45) is -1.42. The molecule has 0 atom stereocenters. The van der Waals surface area contributed by atoms with E-state index in [1.165, 1.54) is 0 Å². The van der Waals surface area contributed by atoms with Gasteiger partial charge in [0.05, 0.1) is 11.3 Å². The van der Waals surface area contributed by atoms with E-state index in [0.29, 0.717) is 0 Å². The van der Waals surface area contributed by atoms with E-state index in [4.69, 9.17) is 11.8 Å². The molecule has 0 fully saturated rings. The lowest BCUT2D eigenvalue weighted by atomic mass is 11.8. The number of hydrogen-bond donors (Lipinski definition) is 0. The van der Waals surface area contributed by atoms with Crippen molar-refractivity contribution in [3.8, 4) is 0 Å². The Morgan fingerprint density at radius 3 is 2.00 bits per heavy atom. The first-order valence-electron chi connectivity index (χ1n) is 1.70. The van der Waals surface area contributed by atoms with Gasteiger partial charge in [0.1, 0.15) is 0 Å². The van der Waals surface area contributed by atoms with Crippen molar-refractivity contribution in [3.05, 3.63) is 0 Å². The average Bonchev–Trinajstić information content (AvgIpc) is 1.30. The maximum absolute atomic E-state index is 4.90. The minimum atomic E-state index is -1.42. The zero-order valence-electron chi connectivity index (χ0n) is 4.21. The quantitative estimate of drug-likeness (QED) is 0.321. The zero-order chi connectivity index (χ0) is 5.91. The monoisotopic (exact) mass is 151 g/mol. The topological polar surface area (TPSA) is 12.4 Å². The van der Waals surface area contributed by atoms with Gasteiger partial charge in [-0.1, -0.05) is 11.8 Å². The Labute approximate surface area is 53.9 Å². The van der Waals surface area contributed by atoms with Crippen LogP contribution in [-0.4, -0.2) is 18.5 Å². The van der Waals surface area contributed by atoms with Gasteiger partial charge in [-0.2, -0.15) is 4.76 Å². The number of thiocarbonyl (C=S) groups is 1. The van der Waals surface area contributed by atoms with E-state index in [0.717, 1.165) is 0 Å². The van der Waals surface area contributed by atoms with Gasteiger partial charge in [0, 0.05) is 0 Å². The van der Waals surface area contributed by atoms with Crippen molar-refractivity contribution in [1.82, 2.24) is 0 Å². The lowest BCUT2D eigenvalue weighted by Crippen LogP contribution is -1.61. The molecule has 0 aliphatic heterocycles. The van der Waals surface area contributed by atoms with Gasteiger partial charge in [0.2, 0.25) is 0 Å². The second-order valence-electron chi connectivity index (χ2n) is 1.49. The molecule has 0 saturated heterocycles. The molecule has 0 rings (SSSR count). The minimum Gasteiger partial charge on any atom is -0.200 e. The van der Waals surface area contributed by atoms with Gasteiger partial charge in [-0.15, -0.1) is 0 Å². The van der Waals surface area contributed by atoms with E-state index in [1.54, 1.807) is 0 Å². The number of hydrogen-bond acceptors (Lipinski definition) is 2. The number of rotatable bonds is 1. The molecule has 0 heterocycles. The third-order valence-electron chi connectivity index (χ3n) is 0.282. The number of isothiocyanates is 1. The summed E-state index contributed by atoms with van der Waals surface area (Å²) in [4.78, 5) is 0. The van der Waals surface area contributed by atoms with E-state index in [2.05, 4.69) is 22.1 Å². The molecule has 0 unspecified atom stereocenters. The Morgan fingerprint density at radius 1 is 1.57 bits per heavy atom. The van der Waals surface area contributed by atoms with Crippen molar-refractivity contribution in [3.63, 3.8) is 0 Å². The van der Waals surface area contributed by atoms with Gasteiger partial charge in [0.25, 0.3) is 0 Å². The van der Waals surface area contributed by atoms with Crippen molar-refractivity contribution >= 4 is 35.4 Å². The van der Waals surface area contributed by atoms with Crippen LogP contribution in [0.3, 0.4) is 0 Å². The molecule has 0 N–H and O–H groups in total. The molecule has 0 spiro atoms. The minimum absolute atomic E-state index is 1.42. The van der Waals surface area contributed by atoms with E-state index in [9.17, 15) is 0 Å². The van der Waals surface area contributed by atoms with Crippen molar-refractivity contribution in [2.75, 3.05) is 13.3 Å². The molecular formula is C3H6NPS2. The van der Waals surface area contributed by atoms with E-state index >= 15 is 0 Å². The Bertz CT molecular complexity index is 141. The van der Waals surface area contributed by atoms with E-state index < -0.39 is 6.19 Å². The van der Waals surface area contributed by atoms with Crippen molar-refractivity contribution in [2.45, 2.75) is 0 Å². The zero-order valence-corrected chi connectivity index (χ0v) is 6.74. The van der Waals surface area contributed by atoms with Crippen molar-refractivity contribution in [1.29, 1.82) is 0 Å². The Balaban J connectivity index is 4.10. The Kier molecular flexibility index (Phi) is 2.86. The fourth-order valence-corrected chi connectivity index (χ4v) is 1.18. The summed E-state index contributed by atoms with van der Waals surface area (Å²) in [7, 11) is 0. The predicted octanol–water partition coefficient (Wildman–Crippen LogP) is 1.74. The molecule has 0 amide bonds. The van der Waals surface area contributed by atoms with Crippen LogP contribution in [-0.2, 0) is 11.8 Å². The van der Waals surface area contributed by atoms with Crippen molar-refractivity contribution in [2.24, 2.45) is 4.76 Å². The summed E-state index contributed by atoms with van der Waals surface area (Å²) >= 11 is 9.24. The first-order valence-corrected chi connectivity index (χ1v) is 5.76. The van der Waals surface area contributed by atoms with Gasteiger partial charge < -0.3 is 0 Å². The van der Waals surface area contributed by atoms with Crippen molar-refractivity contribution < 1.29 is 0 Å². The lowest BCUT2D eigenvalue weighted by molar-refractivity contribution is 1.89. The van der Waals surface area contributed by atoms with Gasteiger partial charge in [-0.05, 0) is 25.5 Å². The first kappa shape index (κ1) is 7.45. The van der Waals surface area contributed by atoms with Gasteiger partial charge in [0.15, 0.2) is 0 Å². The summed E-state index contributed by atoms with van der Waals surface area (Å²) in [5, 5.41) is 2.26. The molecule has 4 heteroatoms. The molecule has 0 bridgehead atoms. The largest absolute Gasteiger partial charge is 0.200 e. The maximum atomic E-state index is 4.90. The first-order chi connectivity index (χ1) is 3.06. The lowest BCUT2D eigenvalue weighted by Gasteiger charge is -1.93. The molecular weight excluding hydrogens is 145 g/mol. The van der Waals surface area contributed by atoms with E-state index in [1.807, 2.05) is 13.3 Å². The molecule has 0 saturated carbocycles. The summed E-state index contributed by atoms with van der Waals surface area (Å²) in [6.45, 7) is 3.81. The second-order valence-corrected chi connectivity index (χ2v) is 7.14. The van der Waals surface area contributed by atoms with Crippen LogP contribution in [0, 0.1) is 0 Å². The standard InChI is InChI=1S/C3H6NPS2/c1-5(2,7)4-3-6/h1-2H3. The second kappa shape index (κ2) is 2.68. The molecule has 0 aromatic rings. The van der Waals surface area contributed by atoms with Crippen LogP contribution in [0.15, 0.2) is 4.76 Å². The van der Waals surface area contributed by atoms with Crippen LogP contribution < -0.4 is 0 Å². The van der Waals surface area contributed by atoms with Crippen LogP contribution in [0.5, 0.6) is 0 Å². The molecule has 0 radical (unpaired) electrons. The normalized spacial score (nSPS) is 10.0. The highest BCUT2D eigenvalue weighted by Crippen LogP contribution is 2.36. The molecule has 7 heavy (non-hydrogen) atoms. The predicted molar refractivity (Wildman–Crippen MR) is 41.2 cm³/mol. The maximum Gasteiger partial charge on any atom is 0.0632 e. The van der Waals surface area contributed by atoms with Gasteiger partial charge in [-0.25, -0.2) is 0 Å². The fraction of sp³-hybridized carbons (Fsp3) is 0.667. The summed E-state index contributed by atoms with van der Waals surface area (Å²) < 4.78 is 3.75. The molecule has 0 aromatic heterocycles. The summed E-state index contributed by atoms with van der Waals surface area (Å²) in [5.41, 5.74) is 0. The average molecular weight is 151 g/mol. The third-order valence-corrected chi connectivity index (χ3v) is 1.33. The van der Waals surface area contributed by atoms with E-state index in [-0.39, 0.29) is 0 Å². The smallest absolute Gasteiger partial charge is 0.0632 e. The Morgan fingerprint density at radius 2 is 2.00 bits per heavy atom. The van der Waals surface area contributed by atoms with Crippen LogP contribution >= 0.6 is 18.4 Å². The van der Waals surface area contributed by atoms with Gasteiger partial charge in [-0.3, -0.25) is 0 Å². The van der Waals surface area contributed by atoms with Crippen LogP contribution in [0.1, 0.15) is 0 Å². The highest BCUT2D eigenvalue weighted by Gasteiger charge is 1.91. The molecule has 0 aromatic carbocycles. The third kappa shape index (κ3) is 6.45. The summed E-state index contributed by atoms with van der Waals surface area (Å²) in [5.74, 6) is 0. The van der Waals surface area contributed by atoms with Crippen LogP contribution in [0.25, 0.3) is 0 Å². The SMILES string of the molecule is CP(C)(=S)N=C=S. The van der Waals surface area contributed by atoms with Crippen LogP contribution in [0.2, 0.25) is 0 Å². The fourth-order valence-electron chi connectivity index (χ4n) is 0.0983. The molecule has 0 aliphatic rings. The molecule has 1 nitrogen and oxygen atoms in total. The highest BCUT2D eigenvalue weighted by molar-refractivity contribution is 8.13. The van der Waals surface area contributed by atoms with Crippen LogP contribution in [0.4, 0.5) is 0 Å². The van der Waals surface area contributed by atoms with Gasteiger partial charge >= 0.3 is 0 Å². The Hall–Kier alpha value is 0.450. The molecule has 0 aliphatic carbocycles. The highest BCUT2D eigenvalue weighted by atomic mass is 32.4. The molecule has 40 valence electrons.